The Hall–Kier alpha value is -0.440. The molecule has 1 heterocycles. The van der Waals surface area contributed by atoms with Gasteiger partial charge in [0.05, 0.1) is 13.4 Å². The molecule has 0 spiro atoms. The minimum Gasteiger partial charge on any atom is -0.258 e. The van der Waals surface area contributed by atoms with Gasteiger partial charge in [-0.3, -0.25) is 4.98 Å². The van der Waals surface area contributed by atoms with Gasteiger partial charge in [-0.25, -0.2) is 4.39 Å². The fraction of sp³-hybridized carbons (Fsp3) is 0.167. The highest BCUT2D eigenvalue weighted by Gasteiger charge is 1.96. The summed E-state index contributed by atoms with van der Waals surface area (Å²) in [5.41, 5.74) is -0.573. The Balaban J connectivity index is 3.49. The summed E-state index contributed by atoms with van der Waals surface area (Å²) in [6.07, 6.45) is -0.779. The van der Waals surface area contributed by atoms with Crippen molar-refractivity contribution < 1.29 is 11.2 Å². The van der Waals surface area contributed by atoms with E-state index in [9.17, 15) is 4.39 Å². The molecule has 0 radical (unpaired) electrons. The summed E-state index contributed by atoms with van der Waals surface area (Å²) in [5, 5.41) is 0. The first-order valence-electron chi connectivity index (χ1n) is 4.58. The molecule has 0 bridgehead atoms. The summed E-state index contributed by atoms with van der Waals surface area (Å²) >= 11 is 2.70. The van der Waals surface area contributed by atoms with E-state index in [1.165, 1.54) is 0 Å². The number of nitrogens with zero attached hydrogens (tertiary/aromatic N) is 1. The zero-order chi connectivity index (χ0) is 11.1. The predicted molar refractivity (Wildman–Crippen MR) is 36.6 cm³/mol. The van der Waals surface area contributed by atoms with Crippen molar-refractivity contribution in [3.63, 3.8) is 0 Å². The third-order valence-corrected chi connectivity index (χ3v) is 1.23. The van der Waals surface area contributed by atoms with Crippen molar-refractivity contribution in [1.29, 1.82) is 0 Å². The van der Waals surface area contributed by atoms with Crippen molar-refractivity contribution in [2.24, 2.45) is 0 Å². The highest BCUT2D eigenvalue weighted by atomic mass is 79.9. The normalized spacial score (nSPS) is 19.1. The molecule has 0 aliphatic rings. The summed E-state index contributed by atoms with van der Waals surface area (Å²) in [7, 11) is 0. The first-order chi connectivity index (χ1) is 6.25. The number of halogens is 2. The van der Waals surface area contributed by atoms with E-state index in [1.807, 2.05) is 0 Å². The average Bonchev–Trinajstić information content (AvgIpc) is 2.06. The molecular formula is C6H5BrFN. The van der Waals surface area contributed by atoms with Gasteiger partial charge in [-0.1, -0.05) is 0 Å². The summed E-state index contributed by atoms with van der Waals surface area (Å²) in [6, 6.07) is -0.543. The zero-order valence-electron chi connectivity index (χ0n) is 9.20. The molecule has 1 aromatic heterocycles. The lowest BCUT2D eigenvalue weighted by molar-refractivity contribution is 0.613. The third-order valence-electron chi connectivity index (χ3n) is 0.687. The van der Waals surface area contributed by atoms with Crippen molar-refractivity contribution >= 4 is 15.9 Å². The number of aromatic nitrogens is 1. The van der Waals surface area contributed by atoms with Gasteiger partial charge in [0.1, 0.15) is 0 Å². The molecule has 3 heteroatoms. The molecule has 9 heavy (non-hydrogen) atoms. The van der Waals surface area contributed by atoms with Crippen LogP contribution in [0.4, 0.5) is 4.39 Å². The van der Waals surface area contributed by atoms with Crippen LogP contribution in [0.25, 0.3) is 0 Å². The van der Waals surface area contributed by atoms with Gasteiger partial charge in [-0.15, -0.1) is 0 Å². The van der Waals surface area contributed by atoms with Crippen molar-refractivity contribution in [1.82, 2.24) is 4.98 Å². The van der Waals surface area contributed by atoms with Crippen LogP contribution in [0.1, 0.15) is 12.5 Å². The van der Waals surface area contributed by atoms with Gasteiger partial charge in [-0.2, -0.15) is 0 Å². The highest BCUT2D eigenvalue weighted by molar-refractivity contribution is 9.10. The van der Waals surface area contributed by atoms with E-state index < -0.39 is 30.6 Å². The molecule has 1 rings (SSSR count). The van der Waals surface area contributed by atoms with Crippen molar-refractivity contribution in [2.75, 3.05) is 0 Å². The van der Waals surface area contributed by atoms with Crippen LogP contribution in [-0.2, 0) is 0 Å². The fourth-order valence-electron chi connectivity index (χ4n) is 0.341. The molecule has 0 N–H and O–H groups in total. The van der Waals surface area contributed by atoms with Crippen LogP contribution >= 0.6 is 15.9 Å². The van der Waals surface area contributed by atoms with E-state index in [1.54, 1.807) is 0 Å². The molecule has 0 saturated heterocycles. The standard InChI is InChI=1S/C6H5BrFN/c1-4-2-5(7)6(8)3-9-4/h2-3H,1H3/i1D3,2D,3D. The molecule has 48 valence electrons. The van der Waals surface area contributed by atoms with Crippen molar-refractivity contribution in [3.05, 3.63) is 28.2 Å². The lowest BCUT2D eigenvalue weighted by Crippen LogP contribution is -1.83. The van der Waals surface area contributed by atoms with Crippen LogP contribution in [0.5, 0.6) is 0 Å². The number of hydrogen-bond donors (Lipinski definition) is 0. The van der Waals surface area contributed by atoms with E-state index in [0.29, 0.717) is 0 Å². The fourth-order valence-corrected chi connectivity index (χ4v) is 0.617. The van der Waals surface area contributed by atoms with Crippen molar-refractivity contribution in [3.8, 4) is 0 Å². The van der Waals surface area contributed by atoms with E-state index in [2.05, 4.69) is 20.9 Å². The summed E-state index contributed by atoms with van der Waals surface area (Å²) in [4.78, 5) is 3.22. The first kappa shape index (κ1) is 2.66. The first-order valence-corrected chi connectivity index (χ1v) is 2.87. The Morgan fingerprint density at radius 3 is 3.44 bits per heavy atom. The van der Waals surface area contributed by atoms with Crippen LogP contribution in [0.15, 0.2) is 16.7 Å². The number of pyridine rings is 1. The minimum absolute atomic E-state index is 0.344. The number of aryl methyl sites for hydroxylation is 1. The minimum atomic E-state index is -2.61. The molecule has 0 fully saturated rings. The summed E-state index contributed by atoms with van der Waals surface area (Å²) in [6.45, 7) is -2.61. The number of rotatable bonds is 0. The Morgan fingerprint density at radius 1 is 2.00 bits per heavy atom. The summed E-state index contributed by atoms with van der Waals surface area (Å²) < 4.78 is 47.9. The van der Waals surface area contributed by atoms with E-state index in [4.69, 9.17) is 6.85 Å². The van der Waals surface area contributed by atoms with Gasteiger partial charge >= 0.3 is 0 Å². The molecule has 0 aliphatic heterocycles. The van der Waals surface area contributed by atoms with Crippen LogP contribution in [0.2, 0.25) is 0 Å². The smallest absolute Gasteiger partial charge is 0.155 e. The van der Waals surface area contributed by atoms with Gasteiger partial charge in [0.25, 0.3) is 0 Å². The van der Waals surface area contributed by atoms with Crippen molar-refractivity contribution in [2.45, 2.75) is 6.85 Å². The predicted octanol–water partition coefficient (Wildman–Crippen LogP) is 2.29. The van der Waals surface area contributed by atoms with Crippen LogP contribution < -0.4 is 0 Å². The maximum absolute atomic E-state index is 13.0. The molecule has 0 aromatic carbocycles. The maximum Gasteiger partial charge on any atom is 0.155 e. The Bertz CT molecular complexity index is 377. The van der Waals surface area contributed by atoms with Gasteiger partial charge in [0.15, 0.2) is 5.82 Å². The molecule has 0 unspecified atom stereocenters. The van der Waals surface area contributed by atoms with Gasteiger partial charge in [0.2, 0.25) is 0 Å². The largest absolute Gasteiger partial charge is 0.258 e. The Morgan fingerprint density at radius 2 is 2.78 bits per heavy atom. The Labute approximate surface area is 68.1 Å². The van der Waals surface area contributed by atoms with Crippen LogP contribution in [-0.4, -0.2) is 4.98 Å². The highest BCUT2D eigenvalue weighted by Crippen LogP contribution is 2.13. The van der Waals surface area contributed by atoms with Gasteiger partial charge in [0, 0.05) is 9.81 Å². The lowest BCUT2D eigenvalue weighted by Gasteiger charge is -1.92. The SMILES string of the molecule is [2H]c1nc(C([2H])([2H])[2H])c([2H])c(Br)c1F. The molecule has 1 aromatic rings. The second-order valence-electron chi connectivity index (χ2n) is 1.33. The summed E-state index contributed by atoms with van der Waals surface area (Å²) in [5.74, 6) is -1.02. The molecule has 0 saturated carbocycles. The molecule has 0 atom stereocenters. The lowest BCUT2D eigenvalue weighted by atomic mass is 10.4. The maximum atomic E-state index is 13.0. The third kappa shape index (κ3) is 1.48. The molecular weight excluding hydrogens is 185 g/mol. The van der Waals surface area contributed by atoms with Crippen LogP contribution in [0.3, 0.4) is 0 Å². The second-order valence-corrected chi connectivity index (χ2v) is 2.12. The average molecular weight is 195 g/mol. The van der Waals surface area contributed by atoms with E-state index >= 15 is 0 Å². The quantitative estimate of drug-likeness (QED) is 0.618. The molecule has 0 amide bonds. The van der Waals surface area contributed by atoms with E-state index in [0.717, 1.165) is 0 Å². The Kier molecular flexibility index (Phi) is 0.720. The second kappa shape index (κ2) is 2.43. The van der Waals surface area contributed by atoms with Gasteiger partial charge < -0.3 is 0 Å². The molecule has 0 aliphatic carbocycles. The monoisotopic (exact) mass is 194 g/mol. The number of hydrogen-bond acceptors (Lipinski definition) is 1. The van der Waals surface area contributed by atoms with Crippen LogP contribution in [0, 0.1) is 12.7 Å². The molecule has 1 nitrogen and oxygen atoms in total. The zero-order valence-corrected chi connectivity index (χ0v) is 5.79. The van der Waals surface area contributed by atoms with Gasteiger partial charge in [-0.05, 0) is 28.8 Å². The van der Waals surface area contributed by atoms with E-state index in [-0.39, 0.29) is 4.47 Å². The topological polar surface area (TPSA) is 12.9 Å².